The van der Waals surface area contributed by atoms with Gasteiger partial charge in [-0.25, -0.2) is 4.79 Å². The molecule has 0 spiro atoms. The maximum Gasteiger partial charge on any atom is 0.321 e. The summed E-state index contributed by atoms with van der Waals surface area (Å²) in [7, 11) is 4.04. The molecule has 1 aliphatic rings. The molecule has 5 nitrogen and oxygen atoms in total. The number of urea groups is 1. The second-order valence-corrected chi connectivity index (χ2v) is 7.64. The summed E-state index contributed by atoms with van der Waals surface area (Å²) in [5.41, 5.74) is 3.00. The lowest BCUT2D eigenvalue weighted by molar-refractivity contribution is 0.0820. The number of anilines is 1. The van der Waals surface area contributed by atoms with Crippen molar-refractivity contribution in [3.05, 3.63) is 27.7 Å². The summed E-state index contributed by atoms with van der Waals surface area (Å²) in [5.74, 6) is 0. The second kappa shape index (κ2) is 8.83. The Labute approximate surface area is 153 Å². The van der Waals surface area contributed by atoms with E-state index in [1.54, 1.807) is 0 Å². The molecule has 6 heteroatoms. The Balaban J connectivity index is 2.08. The monoisotopic (exact) mass is 397 g/mol. The van der Waals surface area contributed by atoms with Crippen molar-refractivity contribution in [2.75, 3.05) is 45.7 Å². The van der Waals surface area contributed by atoms with Crippen LogP contribution in [-0.2, 0) is 4.74 Å². The lowest BCUT2D eigenvalue weighted by atomic mass is 10.1. The zero-order chi connectivity index (χ0) is 17.7. The molecule has 2 rings (SSSR count). The lowest BCUT2D eigenvalue weighted by Gasteiger charge is -2.27. The van der Waals surface area contributed by atoms with Crippen LogP contribution in [0.2, 0.25) is 0 Å². The van der Waals surface area contributed by atoms with Crippen LogP contribution >= 0.6 is 15.9 Å². The summed E-state index contributed by atoms with van der Waals surface area (Å²) in [6.07, 6.45) is 2.27. The molecule has 0 unspecified atom stereocenters. The van der Waals surface area contributed by atoms with E-state index < -0.39 is 0 Å². The average Bonchev–Trinajstić information content (AvgIpc) is 2.99. The molecule has 1 N–H and O–H groups in total. The van der Waals surface area contributed by atoms with Crippen molar-refractivity contribution in [3.63, 3.8) is 0 Å². The zero-order valence-electron chi connectivity index (χ0n) is 15.1. The number of carbonyl (C=O) groups is 1. The van der Waals surface area contributed by atoms with Crippen LogP contribution in [-0.4, -0.2) is 62.3 Å². The molecule has 0 bridgehead atoms. The molecule has 1 aromatic carbocycles. The van der Waals surface area contributed by atoms with Gasteiger partial charge in [-0.1, -0.05) is 15.9 Å². The first-order valence-electron chi connectivity index (χ1n) is 8.46. The Morgan fingerprint density at radius 2 is 1.96 bits per heavy atom. The number of hydrogen-bond donors (Lipinski definition) is 1. The van der Waals surface area contributed by atoms with Gasteiger partial charge in [0.2, 0.25) is 0 Å². The molecule has 0 aromatic heterocycles. The van der Waals surface area contributed by atoms with E-state index in [1.807, 2.05) is 45.0 Å². The molecule has 1 fully saturated rings. The highest BCUT2D eigenvalue weighted by molar-refractivity contribution is 9.10. The van der Waals surface area contributed by atoms with E-state index in [0.717, 1.165) is 47.3 Å². The largest absolute Gasteiger partial charge is 0.376 e. The quantitative estimate of drug-likeness (QED) is 0.796. The number of ether oxygens (including phenoxy) is 1. The minimum Gasteiger partial charge on any atom is -0.376 e. The standard InChI is InChI=1S/C18H28BrN3O2/c1-13-10-15(19)11-14(2)17(13)20-18(23)22(8-7-21(3)4)12-16-6-5-9-24-16/h10-11,16H,5-9,12H2,1-4H3,(H,20,23)/t16-/m1/s1. The van der Waals surface area contributed by atoms with E-state index in [2.05, 4.69) is 26.1 Å². The number of benzene rings is 1. The first-order valence-corrected chi connectivity index (χ1v) is 9.25. The number of aryl methyl sites for hydroxylation is 2. The van der Waals surface area contributed by atoms with Crippen LogP contribution < -0.4 is 5.32 Å². The van der Waals surface area contributed by atoms with Crippen molar-refractivity contribution in [1.82, 2.24) is 9.80 Å². The highest BCUT2D eigenvalue weighted by Gasteiger charge is 2.23. The van der Waals surface area contributed by atoms with Crippen LogP contribution in [0.5, 0.6) is 0 Å². The minimum atomic E-state index is -0.0547. The van der Waals surface area contributed by atoms with Crippen LogP contribution in [0.25, 0.3) is 0 Å². The Hall–Kier alpha value is -1.11. The van der Waals surface area contributed by atoms with Crippen LogP contribution in [0.15, 0.2) is 16.6 Å². The number of likely N-dealkylation sites (N-methyl/N-ethyl adjacent to an activating group) is 1. The fourth-order valence-corrected chi connectivity index (χ4v) is 3.61. The highest BCUT2D eigenvalue weighted by atomic mass is 79.9. The Bertz CT molecular complexity index is 548. The van der Waals surface area contributed by atoms with Gasteiger partial charge in [-0.2, -0.15) is 0 Å². The van der Waals surface area contributed by atoms with Crippen molar-refractivity contribution < 1.29 is 9.53 Å². The number of rotatable bonds is 6. The number of halogens is 1. The van der Waals surface area contributed by atoms with E-state index in [-0.39, 0.29) is 12.1 Å². The predicted octanol–water partition coefficient (Wildman–Crippen LogP) is 3.64. The van der Waals surface area contributed by atoms with Gasteiger partial charge < -0.3 is 19.9 Å². The fourth-order valence-electron chi connectivity index (χ4n) is 2.92. The number of nitrogens with zero attached hydrogens (tertiary/aromatic N) is 2. The SMILES string of the molecule is Cc1cc(Br)cc(C)c1NC(=O)N(CCN(C)C)C[C@H]1CCCO1. The van der Waals surface area contributed by atoms with Crippen LogP contribution in [0.3, 0.4) is 0 Å². The van der Waals surface area contributed by atoms with Gasteiger partial charge in [0.05, 0.1) is 6.10 Å². The number of hydrogen-bond acceptors (Lipinski definition) is 3. The smallest absolute Gasteiger partial charge is 0.321 e. The third kappa shape index (κ3) is 5.46. The summed E-state index contributed by atoms with van der Waals surface area (Å²) < 4.78 is 6.74. The summed E-state index contributed by atoms with van der Waals surface area (Å²) in [6.45, 7) is 6.99. The third-order valence-electron chi connectivity index (χ3n) is 4.28. The highest BCUT2D eigenvalue weighted by Crippen LogP contribution is 2.25. The first-order chi connectivity index (χ1) is 11.4. The molecular formula is C18H28BrN3O2. The van der Waals surface area contributed by atoms with Gasteiger partial charge in [0.15, 0.2) is 0 Å². The summed E-state index contributed by atoms with van der Waals surface area (Å²) in [4.78, 5) is 16.8. The van der Waals surface area contributed by atoms with Gasteiger partial charge in [0.1, 0.15) is 0 Å². The molecule has 24 heavy (non-hydrogen) atoms. The number of nitrogens with one attached hydrogen (secondary N) is 1. The molecule has 0 aliphatic carbocycles. The summed E-state index contributed by atoms with van der Waals surface area (Å²) in [6, 6.07) is 3.99. The number of carbonyl (C=O) groups excluding carboxylic acids is 1. The Morgan fingerprint density at radius 3 is 2.50 bits per heavy atom. The Morgan fingerprint density at radius 1 is 1.29 bits per heavy atom. The van der Waals surface area contributed by atoms with E-state index >= 15 is 0 Å². The minimum absolute atomic E-state index is 0.0547. The van der Waals surface area contributed by atoms with Crippen molar-refractivity contribution in [3.8, 4) is 0 Å². The summed E-state index contributed by atoms with van der Waals surface area (Å²) >= 11 is 3.50. The molecule has 1 aromatic rings. The van der Waals surface area contributed by atoms with E-state index in [0.29, 0.717) is 13.1 Å². The summed E-state index contributed by atoms with van der Waals surface area (Å²) in [5, 5.41) is 3.10. The first kappa shape index (κ1) is 19.2. The number of amides is 2. The van der Waals surface area contributed by atoms with Crippen LogP contribution in [0, 0.1) is 13.8 Å². The van der Waals surface area contributed by atoms with Crippen molar-refractivity contribution in [2.45, 2.75) is 32.8 Å². The van der Waals surface area contributed by atoms with Gasteiger partial charge in [0, 0.05) is 36.4 Å². The molecule has 0 radical (unpaired) electrons. The van der Waals surface area contributed by atoms with Gasteiger partial charge in [-0.15, -0.1) is 0 Å². The van der Waals surface area contributed by atoms with Gasteiger partial charge in [0.25, 0.3) is 0 Å². The Kier molecular flexibility index (Phi) is 7.07. The van der Waals surface area contributed by atoms with E-state index in [1.165, 1.54) is 0 Å². The second-order valence-electron chi connectivity index (χ2n) is 6.73. The molecular weight excluding hydrogens is 370 g/mol. The predicted molar refractivity (Wildman–Crippen MR) is 102 cm³/mol. The van der Waals surface area contributed by atoms with E-state index in [4.69, 9.17) is 4.74 Å². The topological polar surface area (TPSA) is 44.8 Å². The maximum absolute atomic E-state index is 12.8. The van der Waals surface area contributed by atoms with Crippen molar-refractivity contribution >= 4 is 27.6 Å². The van der Waals surface area contributed by atoms with Crippen LogP contribution in [0.4, 0.5) is 10.5 Å². The fraction of sp³-hybridized carbons (Fsp3) is 0.611. The third-order valence-corrected chi connectivity index (χ3v) is 4.74. The normalized spacial score (nSPS) is 17.3. The molecule has 1 aliphatic heterocycles. The van der Waals surface area contributed by atoms with Crippen LogP contribution in [0.1, 0.15) is 24.0 Å². The average molecular weight is 398 g/mol. The van der Waals surface area contributed by atoms with Crippen molar-refractivity contribution in [2.24, 2.45) is 0 Å². The molecule has 1 atom stereocenters. The van der Waals surface area contributed by atoms with Gasteiger partial charge in [-0.05, 0) is 64.0 Å². The van der Waals surface area contributed by atoms with Gasteiger partial charge in [-0.3, -0.25) is 0 Å². The maximum atomic E-state index is 12.8. The molecule has 1 saturated heterocycles. The van der Waals surface area contributed by atoms with E-state index in [9.17, 15) is 4.79 Å². The molecule has 2 amide bonds. The molecule has 134 valence electrons. The lowest BCUT2D eigenvalue weighted by Crippen LogP contribution is -2.43. The van der Waals surface area contributed by atoms with Crippen molar-refractivity contribution in [1.29, 1.82) is 0 Å². The van der Waals surface area contributed by atoms with Gasteiger partial charge >= 0.3 is 6.03 Å². The zero-order valence-corrected chi connectivity index (χ0v) is 16.6. The molecule has 0 saturated carbocycles. The molecule has 1 heterocycles.